The van der Waals surface area contributed by atoms with E-state index in [-0.39, 0.29) is 18.0 Å². The number of carbonyl (C=O) groups is 1. The van der Waals surface area contributed by atoms with E-state index in [1.165, 1.54) is 5.01 Å². The molecule has 2 aromatic heterocycles. The number of benzene rings is 1. The van der Waals surface area contributed by atoms with Gasteiger partial charge in [-0.3, -0.25) is 19.7 Å². The molecule has 1 fully saturated rings. The Morgan fingerprint density at radius 1 is 1.07 bits per heavy atom. The van der Waals surface area contributed by atoms with E-state index in [9.17, 15) is 10.1 Å². The van der Waals surface area contributed by atoms with Crippen LogP contribution in [0.25, 0.3) is 0 Å². The number of nitrogens with two attached hydrogens (primary N) is 1. The van der Waals surface area contributed by atoms with E-state index in [4.69, 9.17) is 11.3 Å². The highest BCUT2D eigenvalue weighted by Gasteiger charge is 2.26. The first-order valence-corrected chi connectivity index (χ1v) is 14.1. The molecular formula is C32H41N9O. The number of pyridine rings is 2. The van der Waals surface area contributed by atoms with Crippen molar-refractivity contribution < 1.29 is 4.79 Å². The molecule has 1 amide bonds. The first-order chi connectivity index (χ1) is 19.8. The second-order valence-electron chi connectivity index (χ2n) is 12.3. The predicted molar refractivity (Wildman–Crippen MR) is 168 cm³/mol. The van der Waals surface area contributed by atoms with E-state index >= 15 is 0 Å². The predicted octanol–water partition coefficient (Wildman–Crippen LogP) is 4.51. The van der Waals surface area contributed by atoms with Gasteiger partial charge in [-0.15, -0.1) is 0 Å². The van der Waals surface area contributed by atoms with Crippen molar-refractivity contribution in [1.82, 2.24) is 14.9 Å². The number of nitrogens with zero attached hydrogens (tertiary/aromatic N) is 6. The molecule has 10 nitrogen and oxygen atoms in total. The quantitative estimate of drug-likeness (QED) is 0.205. The van der Waals surface area contributed by atoms with Crippen LogP contribution in [0, 0.1) is 23.7 Å². The summed E-state index contributed by atoms with van der Waals surface area (Å²) in [6.07, 6.45) is 5.11. The number of anilines is 3. The summed E-state index contributed by atoms with van der Waals surface area (Å²) < 4.78 is 0. The molecule has 1 aromatic carbocycles. The summed E-state index contributed by atoms with van der Waals surface area (Å²) in [7, 11) is 0. The lowest BCUT2D eigenvalue weighted by Crippen LogP contribution is -2.53. The van der Waals surface area contributed by atoms with Crippen molar-refractivity contribution in [1.29, 1.82) is 10.7 Å². The van der Waals surface area contributed by atoms with Crippen molar-refractivity contribution in [2.24, 2.45) is 5.84 Å². The maximum Gasteiger partial charge on any atom is 0.255 e. The van der Waals surface area contributed by atoms with E-state index in [2.05, 4.69) is 51.9 Å². The number of hydrazine groups is 1. The zero-order valence-electron chi connectivity index (χ0n) is 25.4. The average Bonchev–Trinajstić information content (AvgIpc) is 2.97. The van der Waals surface area contributed by atoms with Gasteiger partial charge in [-0.25, -0.2) is 5.84 Å². The van der Waals surface area contributed by atoms with E-state index < -0.39 is 5.41 Å². The van der Waals surface area contributed by atoms with Crippen molar-refractivity contribution in [3.8, 4) is 6.07 Å². The van der Waals surface area contributed by atoms with Crippen molar-refractivity contribution >= 4 is 28.7 Å². The van der Waals surface area contributed by atoms with Crippen LogP contribution < -0.4 is 21.1 Å². The lowest BCUT2D eigenvalue weighted by atomic mass is 9.85. The minimum atomic E-state index is -0.713. The summed E-state index contributed by atoms with van der Waals surface area (Å²) in [6, 6.07) is 13.1. The molecule has 0 aliphatic carbocycles. The first kappa shape index (κ1) is 30.6. The van der Waals surface area contributed by atoms with Crippen molar-refractivity contribution in [2.45, 2.75) is 52.5 Å². The van der Waals surface area contributed by atoms with E-state index in [0.717, 1.165) is 37.4 Å². The fourth-order valence-electron chi connectivity index (χ4n) is 4.95. The largest absolute Gasteiger partial charge is 0.368 e. The summed E-state index contributed by atoms with van der Waals surface area (Å²) in [4.78, 5) is 26.7. The zero-order valence-corrected chi connectivity index (χ0v) is 25.4. The highest BCUT2D eigenvalue weighted by Crippen LogP contribution is 2.25. The summed E-state index contributed by atoms with van der Waals surface area (Å²) in [5, 5.41) is 22.6. The number of nitrogens with one attached hydrogen (secondary N) is 2. The molecule has 0 atom stereocenters. The highest BCUT2D eigenvalue weighted by atomic mass is 16.1. The molecule has 0 saturated carbocycles. The molecule has 0 unspecified atom stereocenters. The Kier molecular flexibility index (Phi) is 8.95. The van der Waals surface area contributed by atoms with Crippen LogP contribution in [0.2, 0.25) is 0 Å². The Hall–Kier alpha value is -4.33. The van der Waals surface area contributed by atoms with Crippen LogP contribution in [0.1, 0.15) is 61.8 Å². The van der Waals surface area contributed by atoms with Crippen LogP contribution in [0.5, 0.6) is 0 Å². The van der Waals surface area contributed by atoms with Gasteiger partial charge in [0.05, 0.1) is 58.9 Å². The number of piperazine rings is 1. The van der Waals surface area contributed by atoms with Crippen LogP contribution in [-0.4, -0.2) is 64.7 Å². The zero-order chi connectivity index (χ0) is 30.7. The molecule has 1 aliphatic heterocycles. The van der Waals surface area contributed by atoms with Gasteiger partial charge in [0, 0.05) is 49.0 Å². The second-order valence-corrected chi connectivity index (χ2v) is 12.3. The lowest BCUT2D eigenvalue weighted by molar-refractivity contribution is 0.102. The average molecular weight is 568 g/mol. The molecule has 10 heteroatoms. The number of amides is 1. The molecule has 42 heavy (non-hydrogen) atoms. The van der Waals surface area contributed by atoms with Gasteiger partial charge in [-0.05, 0) is 71.4 Å². The van der Waals surface area contributed by atoms with Crippen LogP contribution in [0.4, 0.5) is 17.1 Å². The molecule has 3 heterocycles. The van der Waals surface area contributed by atoms with E-state index in [1.54, 1.807) is 36.7 Å². The maximum atomic E-state index is 13.0. The lowest BCUT2D eigenvalue weighted by Gasteiger charge is -2.43. The van der Waals surface area contributed by atoms with Gasteiger partial charge in [0.1, 0.15) is 0 Å². The minimum Gasteiger partial charge on any atom is -0.368 e. The first-order valence-electron chi connectivity index (χ1n) is 14.1. The van der Waals surface area contributed by atoms with Crippen molar-refractivity contribution in [3.63, 3.8) is 0 Å². The smallest absolute Gasteiger partial charge is 0.255 e. The number of rotatable bonds is 8. The molecule has 3 aromatic rings. The third-order valence-electron chi connectivity index (χ3n) is 7.75. The standard InChI is InChI=1S/C32H41N9O/c1-22-29(16-26(18-37-22)38-30(42)23-8-7-9-25(14-23)32(5,6)21-33)41(35)20-28(34)24-15-27(19-36-17-24)39-10-12-40(13-11-39)31(2,3)4/h7-9,14-19,34H,10-13,20,35H2,1-6H3,(H,38,42). The topological polar surface area (TPSA) is 138 Å². The normalized spacial score (nSPS) is 14.3. The Labute approximate surface area is 248 Å². The molecule has 1 saturated heterocycles. The van der Waals surface area contributed by atoms with Crippen molar-refractivity contribution in [3.05, 3.63) is 77.4 Å². The molecule has 0 radical (unpaired) electrons. The fourth-order valence-corrected chi connectivity index (χ4v) is 4.95. The van der Waals surface area contributed by atoms with Gasteiger partial charge >= 0.3 is 0 Å². The molecule has 4 N–H and O–H groups in total. The van der Waals surface area contributed by atoms with Gasteiger partial charge in [0.15, 0.2) is 0 Å². The molecular weight excluding hydrogens is 526 g/mol. The van der Waals surface area contributed by atoms with Gasteiger partial charge < -0.3 is 20.6 Å². The maximum absolute atomic E-state index is 13.0. The SMILES string of the molecule is Cc1ncc(NC(=O)c2cccc(C(C)(C)C#N)c2)cc1N(N)CC(=N)c1cncc(N2CCN(C(C)(C)C)CC2)c1. The molecule has 0 bridgehead atoms. The molecule has 0 spiro atoms. The third kappa shape index (κ3) is 7.11. The Morgan fingerprint density at radius 3 is 2.45 bits per heavy atom. The summed E-state index contributed by atoms with van der Waals surface area (Å²) in [6.45, 7) is 16.1. The highest BCUT2D eigenvalue weighted by molar-refractivity contribution is 6.05. The van der Waals surface area contributed by atoms with Crippen LogP contribution in [0.3, 0.4) is 0 Å². The Bertz CT molecular complexity index is 1490. The Balaban J connectivity index is 1.43. The second kappa shape index (κ2) is 12.3. The summed E-state index contributed by atoms with van der Waals surface area (Å²) >= 11 is 0. The monoisotopic (exact) mass is 567 g/mol. The molecule has 4 rings (SSSR count). The van der Waals surface area contributed by atoms with Gasteiger partial charge in [0.2, 0.25) is 0 Å². The van der Waals surface area contributed by atoms with Gasteiger partial charge in [-0.1, -0.05) is 12.1 Å². The summed E-state index contributed by atoms with van der Waals surface area (Å²) in [5.41, 5.74) is 4.41. The van der Waals surface area contributed by atoms with Crippen LogP contribution in [0.15, 0.2) is 55.0 Å². The summed E-state index contributed by atoms with van der Waals surface area (Å²) in [5.74, 6) is 6.12. The van der Waals surface area contributed by atoms with Gasteiger partial charge in [-0.2, -0.15) is 5.26 Å². The van der Waals surface area contributed by atoms with Gasteiger partial charge in [0.25, 0.3) is 5.91 Å². The third-order valence-corrected chi connectivity index (χ3v) is 7.75. The minimum absolute atomic E-state index is 0.133. The molecule has 220 valence electrons. The van der Waals surface area contributed by atoms with Crippen molar-refractivity contribution in [2.75, 3.05) is 47.9 Å². The number of carbonyl (C=O) groups excluding carboxylic acids is 1. The Morgan fingerprint density at radius 2 is 1.79 bits per heavy atom. The number of aryl methyl sites for hydroxylation is 1. The number of nitriles is 1. The fraction of sp³-hybridized carbons (Fsp3) is 0.406. The number of aromatic nitrogens is 2. The molecule has 1 aliphatic rings. The van der Waals surface area contributed by atoms with E-state index in [0.29, 0.717) is 33.9 Å². The van der Waals surface area contributed by atoms with E-state index in [1.807, 2.05) is 39.1 Å². The van der Waals surface area contributed by atoms with Crippen LogP contribution >= 0.6 is 0 Å². The number of hydrogen-bond acceptors (Lipinski definition) is 9. The number of hydrogen-bond donors (Lipinski definition) is 3. The van der Waals surface area contributed by atoms with Crippen LogP contribution in [-0.2, 0) is 5.41 Å².